The van der Waals surface area contributed by atoms with Crippen LogP contribution in [-0.2, 0) is 9.53 Å². The molecule has 5 heteroatoms. The van der Waals surface area contributed by atoms with E-state index in [4.69, 9.17) is 15.6 Å². The van der Waals surface area contributed by atoms with E-state index in [1.54, 1.807) is 7.11 Å². The Kier molecular flexibility index (Phi) is 6.47. The SMILES string of the molecule is CO[C@H]1CN(CCCCCC(=O)O)CC[C@H]1N. The highest BCUT2D eigenvalue weighted by atomic mass is 16.5. The minimum Gasteiger partial charge on any atom is -0.481 e. The zero-order valence-corrected chi connectivity index (χ0v) is 10.6. The van der Waals surface area contributed by atoms with Gasteiger partial charge in [0, 0.05) is 26.1 Å². The van der Waals surface area contributed by atoms with Gasteiger partial charge in [-0.15, -0.1) is 0 Å². The first-order valence-corrected chi connectivity index (χ1v) is 6.36. The number of likely N-dealkylation sites (tertiary alicyclic amines) is 1. The molecule has 0 saturated carbocycles. The highest BCUT2D eigenvalue weighted by Crippen LogP contribution is 2.13. The lowest BCUT2D eigenvalue weighted by atomic mass is 10.0. The molecule has 5 nitrogen and oxygen atoms in total. The van der Waals surface area contributed by atoms with Crippen molar-refractivity contribution in [3.63, 3.8) is 0 Å². The van der Waals surface area contributed by atoms with Gasteiger partial charge in [0.15, 0.2) is 0 Å². The fourth-order valence-electron chi connectivity index (χ4n) is 2.24. The Bertz CT molecular complexity index is 236. The van der Waals surface area contributed by atoms with Crippen LogP contribution in [0.3, 0.4) is 0 Å². The molecule has 0 radical (unpaired) electrons. The Balaban J connectivity index is 2.09. The van der Waals surface area contributed by atoms with E-state index in [2.05, 4.69) is 4.90 Å². The molecule has 3 N–H and O–H groups in total. The summed E-state index contributed by atoms with van der Waals surface area (Å²) in [5, 5.41) is 8.52. The second kappa shape index (κ2) is 7.63. The number of methoxy groups -OCH3 is 1. The number of rotatable bonds is 7. The van der Waals surface area contributed by atoms with Gasteiger partial charge in [-0.1, -0.05) is 6.42 Å². The van der Waals surface area contributed by atoms with Crippen LogP contribution < -0.4 is 5.73 Å². The van der Waals surface area contributed by atoms with Crippen LogP contribution in [0.5, 0.6) is 0 Å². The van der Waals surface area contributed by atoms with Crippen LogP contribution in [0.15, 0.2) is 0 Å². The van der Waals surface area contributed by atoms with E-state index in [0.29, 0.717) is 0 Å². The molecule has 0 bridgehead atoms. The molecule has 0 aliphatic carbocycles. The van der Waals surface area contributed by atoms with Gasteiger partial charge in [0.2, 0.25) is 0 Å². The molecule has 2 atom stereocenters. The second-order valence-electron chi connectivity index (χ2n) is 4.73. The van der Waals surface area contributed by atoms with E-state index in [9.17, 15) is 4.79 Å². The Morgan fingerprint density at radius 3 is 2.88 bits per heavy atom. The second-order valence-corrected chi connectivity index (χ2v) is 4.73. The summed E-state index contributed by atoms with van der Waals surface area (Å²) in [4.78, 5) is 12.7. The molecule has 1 rings (SSSR count). The number of hydrogen-bond acceptors (Lipinski definition) is 4. The molecule has 0 aromatic heterocycles. The van der Waals surface area contributed by atoms with Crippen molar-refractivity contribution in [3.8, 4) is 0 Å². The monoisotopic (exact) mass is 244 g/mol. The van der Waals surface area contributed by atoms with Gasteiger partial charge < -0.3 is 20.5 Å². The lowest BCUT2D eigenvalue weighted by molar-refractivity contribution is -0.137. The maximum atomic E-state index is 10.3. The van der Waals surface area contributed by atoms with Crippen LogP contribution in [-0.4, -0.2) is 54.9 Å². The lowest BCUT2D eigenvalue weighted by Gasteiger charge is -2.35. The van der Waals surface area contributed by atoms with E-state index >= 15 is 0 Å². The summed E-state index contributed by atoms with van der Waals surface area (Å²) in [6.45, 7) is 2.95. The number of carboxylic acid groups (broad SMARTS) is 1. The summed E-state index contributed by atoms with van der Waals surface area (Å²) < 4.78 is 5.35. The van der Waals surface area contributed by atoms with Crippen molar-refractivity contribution in [1.29, 1.82) is 0 Å². The average Bonchev–Trinajstić information content (AvgIpc) is 2.30. The number of ether oxygens (including phenoxy) is 1. The van der Waals surface area contributed by atoms with Gasteiger partial charge in [0.1, 0.15) is 0 Å². The van der Waals surface area contributed by atoms with Crippen molar-refractivity contribution in [1.82, 2.24) is 4.90 Å². The molecular weight excluding hydrogens is 220 g/mol. The van der Waals surface area contributed by atoms with Crippen molar-refractivity contribution >= 4 is 5.97 Å². The van der Waals surface area contributed by atoms with Crippen LogP contribution in [0, 0.1) is 0 Å². The quantitative estimate of drug-likeness (QED) is 0.644. The van der Waals surface area contributed by atoms with Gasteiger partial charge in [-0.3, -0.25) is 4.79 Å². The van der Waals surface area contributed by atoms with E-state index in [1.165, 1.54) is 0 Å². The maximum Gasteiger partial charge on any atom is 0.303 e. The van der Waals surface area contributed by atoms with Gasteiger partial charge in [0.05, 0.1) is 6.10 Å². The third-order valence-corrected chi connectivity index (χ3v) is 3.36. The van der Waals surface area contributed by atoms with Gasteiger partial charge in [-0.05, 0) is 32.4 Å². The fraction of sp³-hybridized carbons (Fsp3) is 0.917. The van der Waals surface area contributed by atoms with Crippen molar-refractivity contribution in [2.45, 2.75) is 44.2 Å². The van der Waals surface area contributed by atoms with Crippen LogP contribution in [0.4, 0.5) is 0 Å². The molecule has 0 aromatic rings. The topological polar surface area (TPSA) is 75.8 Å². The smallest absolute Gasteiger partial charge is 0.303 e. The zero-order valence-electron chi connectivity index (χ0n) is 10.6. The van der Waals surface area contributed by atoms with Gasteiger partial charge >= 0.3 is 5.97 Å². The lowest BCUT2D eigenvalue weighted by Crippen LogP contribution is -2.51. The Labute approximate surface area is 103 Å². The third-order valence-electron chi connectivity index (χ3n) is 3.36. The number of nitrogens with two attached hydrogens (primary N) is 1. The van der Waals surface area contributed by atoms with E-state index in [1.807, 2.05) is 0 Å². The Morgan fingerprint density at radius 2 is 2.24 bits per heavy atom. The number of aliphatic carboxylic acids is 1. The molecular formula is C12H24N2O3. The fourth-order valence-corrected chi connectivity index (χ4v) is 2.24. The number of unbranched alkanes of at least 4 members (excludes halogenated alkanes) is 2. The van der Waals surface area contributed by atoms with Crippen LogP contribution in [0.2, 0.25) is 0 Å². The van der Waals surface area contributed by atoms with E-state index in [0.717, 1.165) is 45.3 Å². The first kappa shape index (κ1) is 14.4. The average molecular weight is 244 g/mol. The standard InChI is InChI=1S/C12H24N2O3/c1-17-11-9-14(8-6-10(11)13)7-4-2-3-5-12(15)16/h10-11H,2-9,13H2,1H3,(H,15,16)/t10-,11+/m1/s1. The first-order chi connectivity index (χ1) is 8.13. The molecule has 0 aromatic carbocycles. The van der Waals surface area contributed by atoms with Gasteiger partial charge in [-0.2, -0.15) is 0 Å². The van der Waals surface area contributed by atoms with Crippen molar-refractivity contribution in [2.75, 3.05) is 26.7 Å². The van der Waals surface area contributed by atoms with Crippen LogP contribution in [0.1, 0.15) is 32.1 Å². The molecule has 0 unspecified atom stereocenters. The summed E-state index contributed by atoms with van der Waals surface area (Å²) in [6.07, 6.45) is 4.21. The number of piperidine rings is 1. The predicted octanol–water partition coefficient (Wildman–Crippen LogP) is 0.679. The van der Waals surface area contributed by atoms with Gasteiger partial charge in [-0.25, -0.2) is 0 Å². The summed E-state index contributed by atoms with van der Waals surface area (Å²) >= 11 is 0. The van der Waals surface area contributed by atoms with Crippen LogP contribution in [0.25, 0.3) is 0 Å². The molecule has 1 heterocycles. The molecule has 1 aliphatic heterocycles. The van der Waals surface area contributed by atoms with Crippen molar-refractivity contribution in [3.05, 3.63) is 0 Å². The Morgan fingerprint density at radius 1 is 1.47 bits per heavy atom. The summed E-state index contributed by atoms with van der Waals surface area (Å²) in [5.41, 5.74) is 5.94. The first-order valence-electron chi connectivity index (χ1n) is 6.36. The number of hydrogen-bond donors (Lipinski definition) is 2. The predicted molar refractivity (Wildman–Crippen MR) is 65.9 cm³/mol. The molecule has 0 amide bonds. The molecule has 100 valence electrons. The minimum absolute atomic E-state index is 0.141. The maximum absolute atomic E-state index is 10.3. The highest BCUT2D eigenvalue weighted by Gasteiger charge is 2.25. The van der Waals surface area contributed by atoms with Gasteiger partial charge in [0.25, 0.3) is 0 Å². The number of nitrogens with zero attached hydrogens (tertiary/aromatic N) is 1. The number of carbonyl (C=O) groups is 1. The van der Waals surface area contributed by atoms with E-state index < -0.39 is 5.97 Å². The highest BCUT2D eigenvalue weighted by molar-refractivity contribution is 5.66. The summed E-state index contributed by atoms with van der Waals surface area (Å²) in [7, 11) is 1.71. The summed E-state index contributed by atoms with van der Waals surface area (Å²) in [6, 6.07) is 0.156. The molecule has 1 fully saturated rings. The summed E-state index contributed by atoms with van der Waals surface area (Å²) in [5.74, 6) is -0.701. The third kappa shape index (κ3) is 5.48. The van der Waals surface area contributed by atoms with Crippen molar-refractivity contribution in [2.24, 2.45) is 5.73 Å². The molecule has 0 spiro atoms. The number of carboxylic acids is 1. The minimum atomic E-state index is -0.701. The molecule has 1 saturated heterocycles. The molecule has 1 aliphatic rings. The molecule has 17 heavy (non-hydrogen) atoms. The largest absolute Gasteiger partial charge is 0.481 e. The van der Waals surface area contributed by atoms with E-state index in [-0.39, 0.29) is 18.6 Å². The Hall–Kier alpha value is -0.650. The normalized spacial score (nSPS) is 26.0. The van der Waals surface area contributed by atoms with Crippen molar-refractivity contribution < 1.29 is 14.6 Å². The zero-order chi connectivity index (χ0) is 12.7. The van der Waals surface area contributed by atoms with Crippen LogP contribution >= 0.6 is 0 Å².